The van der Waals surface area contributed by atoms with Crippen molar-refractivity contribution in [3.63, 3.8) is 0 Å². The number of carbonyl (C=O) groups excluding carboxylic acids is 4. The molecule has 24 heavy (non-hydrogen) atoms. The maximum atomic E-state index is 10.4. The van der Waals surface area contributed by atoms with Gasteiger partial charge < -0.3 is 0 Å². The summed E-state index contributed by atoms with van der Waals surface area (Å²) in [4.78, 5) is 55.4. The number of isocyanates is 4. The second kappa shape index (κ2) is 9.70. The van der Waals surface area contributed by atoms with E-state index in [0.29, 0.717) is 0 Å². The minimum absolute atomic E-state index is 0.210. The maximum absolute atomic E-state index is 10.4. The Hall–Kier alpha value is -3.26. The van der Waals surface area contributed by atoms with Crippen LogP contribution in [0.4, 0.5) is 0 Å². The minimum atomic E-state index is -0.897. The molecule has 0 unspecified atom stereocenters. The Kier molecular flexibility index (Phi) is 7.59. The molecule has 0 saturated carbocycles. The summed E-state index contributed by atoms with van der Waals surface area (Å²) < 4.78 is 0. The number of aryl methyl sites for hydroxylation is 2. The normalized spacial score (nSPS) is 11.8. The van der Waals surface area contributed by atoms with Crippen molar-refractivity contribution in [1.29, 1.82) is 0 Å². The zero-order valence-corrected chi connectivity index (χ0v) is 13.1. The van der Waals surface area contributed by atoms with E-state index in [1.165, 1.54) is 24.3 Å². The van der Waals surface area contributed by atoms with E-state index in [9.17, 15) is 19.2 Å². The molecule has 0 N–H and O–H groups in total. The summed E-state index contributed by atoms with van der Waals surface area (Å²) in [6, 6.07) is 3.70. The van der Waals surface area contributed by atoms with Crippen LogP contribution in [0.15, 0.2) is 32.1 Å². The second-order valence-corrected chi connectivity index (χ2v) is 4.96. The van der Waals surface area contributed by atoms with E-state index in [4.69, 9.17) is 0 Å². The predicted octanol–water partition coefficient (Wildman–Crippen LogP) is 1.38. The standard InChI is InChI=1S/C16H14N4O4/c1-11-3-12(2)14(6-16(19-9-23)20-10-24)4-13(11)5-15(17-7-21)18-8-22/h3-4,15-16H,5-6H2,1-2H3. The predicted molar refractivity (Wildman–Crippen MR) is 83.4 cm³/mol. The average molecular weight is 326 g/mol. The van der Waals surface area contributed by atoms with Gasteiger partial charge in [-0.2, -0.15) is 20.0 Å². The molecule has 0 bridgehead atoms. The molecular weight excluding hydrogens is 312 g/mol. The monoisotopic (exact) mass is 326 g/mol. The van der Waals surface area contributed by atoms with Gasteiger partial charge in [0.2, 0.25) is 24.3 Å². The Balaban J connectivity index is 3.20. The highest BCUT2D eigenvalue weighted by Gasteiger charge is 2.14. The molecule has 0 aliphatic heterocycles. The average Bonchev–Trinajstić information content (AvgIpc) is 2.53. The van der Waals surface area contributed by atoms with Gasteiger partial charge in [0.25, 0.3) is 0 Å². The molecule has 1 rings (SSSR count). The summed E-state index contributed by atoms with van der Waals surface area (Å²) >= 11 is 0. The summed E-state index contributed by atoms with van der Waals surface area (Å²) in [6.45, 7) is 3.73. The van der Waals surface area contributed by atoms with E-state index in [2.05, 4.69) is 20.0 Å². The number of nitrogens with zero attached hydrogens (tertiary/aromatic N) is 4. The van der Waals surface area contributed by atoms with Crippen molar-refractivity contribution in [2.45, 2.75) is 39.0 Å². The quantitative estimate of drug-likeness (QED) is 0.529. The van der Waals surface area contributed by atoms with Gasteiger partial charge in [-0.25, -0.2) is 19.2 Å². The fourth-order valence-corrected chi connectivity index (χ4v) is 2.27. The molecule has 0 amide bonds. The van der Waals surface area contributed by atoms with Gasteiger partial charge >= 0.3 is 0 Å². The van der Waals surface area contributed by atoms with Crippen molar-refractivity contribution in [3.05, 3.63) is 34.4 Å². The Bertz CT molecular complexity index is 695. The third-order valence-electron chi connectivity index (χ3n) is 3.41. The first-order chi connectivity index (χ1) is 11.5. The van der Waals surface area contributed by atoms with Crippen molar-refractivity contribution >= 4 is 24.3 Å². The van der Waals surface area contributed by atoms with E-state index in [1.54, 1.807) is 0 Å². The molecule has 122 valence electrons. The smallest absolute Gasteiger partial charge is 0.211 e. The van der Waals surface area contributed by atoms with E-state index in [1.807, 2.05) is 26.0 Å². The first kappa shape index (κ1) is 18.8. The summed E-state index contributed by atoms with van der Waals surface area (Å²) in [5.74, 6) is 0. The number of rotatable bonds is 8. The van der Waals surface area contributed by atoms with Gasteiger partial charge in [0.05, 0.1) is 0 Å². The Morgan fingerprint density at radius 3 is 1.33 bits per heavy atom. The number of benzene rings is 1. The summed E-state index contributed by atoms with van der Waals surface area (Å²) in [6.07, 6.45) is 4.11. The zero-order valence-electron chi connectivity index (χ0n) is 13.1. The van der Waals surface area contributed by atoms with Crippen molar-refractivity contribution < 1.29 is 19.2 Å². The molecular formula is C16H14N4O4. The lowest BCUT2D eigenvalue weighted by Crippen LogP contribution is -2.10. The van der Waals surface area contributed by atoms with Gasteiger partial charge in [0.15, 0.2) is 12.3 Å². The van der Waals surface area contributed by atoms with Gasteiger partial charge in [-0.1, -0.05) is 12.1 Å². The highest BCUT2D eigenvalue weighted by atomic mass is 16.1. The van der Waals surface area contributed by atoms with Crippen LogP contribution in [0.2, 0.25) is 0 Å². The number of aliphatic imine (C=N–C) groups is 4. The van der Waals surface area contributed by atoms with Crippen molar-refractivity contribution in [2.75, 3.05) is 0 Å². The molecule has 0 heterocycles. The van der Waals surface area contributed by atoms with Crippen LogP contribution < -0.4 is 0 Å². The third kappa shape index (κ3) is 5.50. The van der Waals surface area contributed by atoms with Crippen LogP contribution in [-0.4, -0.2) is 36.7 Å². The first-order valence-electron chi connectivity index (χ1n) is 6.92. The molecule has 1 aromatic rings. The first-order valence-corrected chi connectivity index (χ1v) is 6.92. The molecule has 0 aliphatic carbocycles. The molecule has 0 aliphatic rings. The SMILES string of the molecule is Cc1cc(C)c(CC(N=C=O)N=C=O)cc1CC(N=C=O)N=C=O. The maximum Gasteiger partial charge on any atom is 0.237 e. The molecule has 0 aromatic heterocycles. The zero-order chi connectivity index (χ0) is 17.9. The van der Waals surface area contributed by atoms with Crippen molar-refractivity contribution in [2.24, 2.45) is 20.0 Å². The van der Waals surface area contributed by atoms with Crippen LogP contribution in [0.1, 0.15) is 22.3 Å². The van der Waals surface area contributed by atoms with Gasteiger partial charge in [-0.3, -0.25) is 0 Å². The Morgan fingerprint density at radius 2 is 1.04 bits per heavy atom. The van der Waals surface area contributed by atoms with Crippen molar-refractivity contribution in [3.8, 4) is 0 Å². The molecule has 8 nitrogen and oxygen atoms in total. The van der Waals surface area contributed by atoms with E-state index in [-0.39, 0.29) is 12.8 Å². The van der Waals surface area contributed by atoms with Gasteiger partial charge in [-0.05, 0) is 36.1 Å². The topological polar surface area (TPSA) is 118 Å². The minimum Gasteiger partial charge on any atom is -0.211 e. The molecule has 1 aromatic carbocycles. The third-order valence-corrected chi connectivity index (χ3v) is 3.41. The van der Waals surface area contributed by atoms with E-state index >= 15 is 0 Å². The Labute approximate surface area is 137 Å². The van der Waals surface area contributed by atoms with Crippen LogP contribution in [0.3, 0.4) is 0 Å². The summed E-state index contributed by atoms with van der Waals surface area (Å²) in [5.41, 5.74) is 3.42. The number of hydrogen-bond donors (Lipinski definition) is 0. The van der Waals surface area contributed by atoms with E-state index < -0.39 is 12.3 Å². The van der Waals surface area contributed by atoms with Gasteiger partial charge in [-0.15, -0.1) is 0 Å². The summed E-state index contributed by atoms with van der Waals surface area (Å²) in [7, 11) is 0. The molecule has 0 spiro atoms. The van der Waals surface area contributed by atoms with Crippen LogP contribution in [-0.2, 0) is 32.0 Å². The highest BCUT2D eigenvalue weighted by molar-refractivity contribution is 5.42. The molecule has 0 atom stereocenters. The van der Waals surface area contributed by atoms with Crippen LogP contribution >= 0.6 is 0 Å². The van der Waals surface area contributed by atoms with Gasteiger partial charge in [0.1, 0.15) is 0 Å². The largest absolute Gasteiger partial charge is 0.237 e. The molecule has 8 heteroatoms. The Morgan fingerprint density at radius 1 is 0.708 bits per heavy atom. The number of hydrogen-bond acceptors (Lipinski definition) is 8. The highest BCUT2D eigenvalue weighted by Crippen LogP contribution is 2.21. The summed E-state index contributed by atoms with van der Waals surface area (Å²) in [5, 5.41) is 0. The lowest BCUT2D eigenvalue weighted by Gasteiger charge is -2.14. The van der Waals surface area contributed by atoms with Gasteiger partial charge in [0, 0.05) is 12.8 Å². The molecule has 0 radical (unpaired) electrons. The van der Waals surface area contributed by atoms with Crippen LogP contribution in [0, 0.1) is 13.8 Å². The fraction of sp³-hybridized carbons (Fsp3) is 0.375. The lowest BCUT2D eigenvalue weighted by molar-refractivity contribution is 0.547. The van der Waals surface area contributed by atoms with Crippen LogP contribution in [0.5, 0.6) is 0 Å². The second-order valence-electron chi connectivity index (χ2n) is 4.96. The molecule has 0 fully saturated rings. The van der Waals surface area contributed by atoms with Crippen molar-refractivity contribution in [1.82, 2.24) is 0 Å². The fourth-order valence-electron chi connectivity index (χ4n) is 2.27. The molecule has 0 saturated heterocycles. The lowest BCUT2D eigenvalue weighted by atomic mass is 9.95. The van der Waals surface area contributed by atoms with E-state index in [0.717, 1.165) is 22.3 Å². The van der Waals surface area contributed by atoms with Crippen LogP contribution in [0.25, 0.3) is 0 Å².